The Kier molecular flexibility index (Phi) is 6.41. The molecule has 0 aliphatic carbocycles. The summed E-state index contributed by atoms with van der Waals surface area (Å²) in [4.78, 5) is 23.3. The molecular formula is C19H16ClN3O4. The number of hydrogen-bond acceptors (Lipinski definition) is 5. The molecule has 0 unspecified atom stereocenters. The molecule has 2 amide bonds. The van der Waals surface area contributed by atoms with Gasteiger partial charge in [-0.15, -0.1) is 0 Å². The summed E-state index contributed by atoms with van der Waals surface area (Å²) in [6.07, 6.45) is 1.33. The topological polar surface area (TPSA) is 111 Å². The number of phenolic OH excluding ortho intramolecular Hbond substituents is 1. The number of anilines is 2. The molecule has 2 aromatic carbocycles. The van der Waals surface area contributed by atoms with Crippen molar-refractivity contribution >= 4 is 40.9 Å². The van der Waals surface area contributed by atoms with Crippen molar-refractivity contribution in [2.24, 2.45) is 0 Å². The van der Waals surface area contributed by atoms with Crippen LogP contribution in [-0.2, 0) is 9.59 Å². The van der Waals surface area contributed by atoms with Gasteiger partial charge in [0.25, 0.3) is 5.91 Å². The normalized spacial score (nSPS) is 10.7. The Morgan fingerprint density at radius 3 is 2.30 bits per heavy atom. The van der Waals surface area contributed by atoms with E-state index >= 15 is 0 Å². The first-order chi connectivity index (χ1) is 12.8. The molecule has 0 heterocycles. The molecule has 0 saturated heterocycles. The Morgan fingerprint density at radius 1 is 1.19 bits per heavy atom. The Balaban J connectivity index is 2.21. The van der Waals surface area contributed by atoms with Crippen LogP contribution in [0.15, 0.2) is 42.0 Å². The summed E-state index contributed by atoms with van der Waals surface area (Å²) < 4.78 is 5.00. The Bertz CT molecular complexity index is 947. The van der Waals surface area contributed by atoms with Crippen molar-refractivity contribution < 1.29 is 19.4 Å². The molecule has 0 aliphatic rings. The van der Waals surface area contributed by atoms with Crippen LogP contribution in [-0.4, -0.2) is 24.0 Å². The predicted molar refractivity (Wildman–Crippen MR) is 103 cm³/mol. The SMILES string of the molecule is COc1cc(/C=C(\C#N)C(=O)Nc2ccc(NC(C)=O)cc2)cc(Cl)c1O. The van der Waals surface area contributed by atoms with Crippen LogP contribution in [0.5, 0.6) is 11.5 Å². The first-order valence-electron chi connectivity index (χ1n) is 7.71. The highest BCUT2D eigenvalue weighted by Crippen LogP contribution is 2.35. The number of nitriles is 1. The highest BCUT2D eigenvalue weighted by Gasteiger charge is 2.12. The number of methoxy groups -OCH3 is 1. The first-order valence-corrected chi connectivity index (χ1v) is 8.09. The molecule has 0 spiro atoms. The zero-order valence-electron chi connectivity index (χ0n) is 14.5. The number of ether oxygens (including phenoxy) is 1. The van der Waals surface area contributed by atoms with E-state index in [1.807, 2.05) is 6.07 Å². The number of amides is 2. The van der Waals surface area contributed by atoms with E-state index < -0.39 is 5.91 Å². The van der Waals surface area contributed by atoms with E-state index in [4.69, 9.17) is 16.3 Å². The van der Waals surface area contributed by atoms with Gasteiger partial charge in [-0.25, -0.2) is 0 Å². The second kappa shape index (κ2) is 8.74. The number of nitrogens with one attached hydrogen (secondary N) is 2. The molecule has 3 N–H and O–H groups in total. The van der Waals surface area contributed by atoms with Crippen LogP contribution in [0.1, 0.15) is 12.5 Å². The summed E-state index contributed by atoms with van der Waals surface area (Å²) in [5.41, 5.74) is 1.30. The molecule has 27 heavy (non-hydrogen) atoms. The molecular weight excluding hydrogens is 370 g/mol. The van der Waals surface area contributed by atoms with Gasteiger partial charge in [0.1, 0.15) is 11.6 Å². The minimum absolute atomic E-state index is 0.0341. The zero-order chi connectivity index (χ0) is 20.0. The van der Waals surface area contributed by atoms with E-state index in [0.717, 1.165) is 0 Å². The van der Waals surface area contributed by atoms with Gasteiger partial charge in [-0.05, 0) is 48.0 Å². The van der Waals surface area contributed by atoms with E-state index in [0.29, 0.717) is 16.9 Å². The standard InChI is InChI=1S/C19H16ClN3O4/c1-11(24)22-14-3-5-15(6-4-14)23-19(26)13(10-21)7-12-8-16(20)18(25)17(9-12)27-2/h3-9,25H,1-2H3,(H,22,24)(H,23,26)/b13-7+. The van der Waals surface area contributed by atoms with Gasteiger partial charge in [0.2, 0.25) is 5.91 Å². The monoisotopic (exact) mass is 385 g/mol. The lowest BCUT2D eigenvalue weighted by atomic mass is 10.1. The molecule has 8 heteroatoms. The summed E-state index contributed by atoms with van der Waals surface area (Å²) in [7, 11) is 1.36. The van der Waals surface area contributed by atoms with E-state index in [9.17, 15) is 20.0 Å². The zero-order valence-corrected chi connectivity index (χ0v) is 15.3. The molecule has 0 atom stereocenters. The van der Waals surface area contributed by atoms with Crippen molar-refractivity contribution in [3.05, 3.63) is 52.6 Å². The van der Waals surface area contributed by atoms with Crippen molar-refractivity contribution in [3.63, 3.8) is 0 Å². The molecule has 0 fully saturated rings. The average Bonchev–Trinajstić information content (AvgIpc) is 2.63. The Labute approximate surface area is 160 Å². The third kappa shape index (κ3) is 5.23. The predicted octanol–water partition coefficient (Wildman–Crippen LogP) is 3.56. The molecule has 7 nitrogen and oxygen atoms in total. The van der Waals surface area contributed by atoms with E-state index in [1.54, 1.807) is 24.3 Å². The van der Waals surface area contributed by atoms with Crippen molar-refractivity contribution in [1.82, 2.24) is 0 Å². The van der Waals surface area contributed by atoms with Crippen LogP contribution in [0.2, 0.25) is 5.02 Å². The van der Waals surface area contributed by atoms with Gasteiger partial charge in [-0.1, -0.05) is 11.6 Å². The molecule has 2 rings (SSSR count). The van der Waals surface area contributed by atoms with Crippen LogP contribution in [0, 0.1) is 11.3 Å². The van der Waals surface area contributed by atoms with Crippen molar-refractivity contribution in [2.75, 3.05) is 17.7 Å². The lowest BCUT2D eigenvalue weighted by Crippen LogP contribution is -2.13. The number of halogens is 1. The highest BCUT2D eigenvalue weighted by atomic mass is 35.5. The summed E-state index contributed by atoms with van der Waals surface area (Å²) in [6, 6.07) is 11.1. The second-order valence-electron chi connectivity index (χ2n) is 5.44. The molecule has 0 radical (unpaired) electrons. The number of benzene rings is 2. The molecule has 0 aliphatic heterocycles. The van der Waals surface area contributed by atoms with Gasteiger partial charge >= 0.3 is 0 Å². The van der Waals surface area contributed by atoms with Crippen molar-refractivity contribution in [2.45, 2.75) is 6.92 Å². The number of carbonyl (C=O) groups excluding carboxylic acids is 2. The summed E-state index contributed by atoms with van der Waals surface area (Å²) in [5.74, 6) is -0.920. The molecule has 2 aromatic rings. The summed E-state index contributed by atoms with van der Waals surface area (Å²) in [6.45, 7) is 1.39. The minimum Gasteiger partial charge on any atom is -0.503 e. The van der Waals surface area contributed by atoms with Gasteiger partial charge in [0.15, 0.2) is 11.5 Å². The Morgan fingerprint density at radius 2 is 1.78 bits per heavy atom. The molecule has 0 bridgehead atoms. The van der Waals surface area contributed by atoms with Crippen LogP contribution >= 0.6 is 11.6 Å². The smallest absolute Gasteiger partial charge is 0.266 e. The van der Waals surface area contributed by atoms with Crippen molar-refractivity contribution in [1.29, 1.82) is 5.26 Å². The second-order valence-corrected chi connectivity index (χ2v) is 5.84. The maximum absolute atomic E-state index is 12.3. The van der Waals surface area contributed by atoms with Gasteiger partial charge in [-0.2, -0.15) is 5.26 Å². The number of hydrogen-bond donors (Lipinski definition) is 3. The van der Waals surface area contributed by atoms with Gasteiger partial charge in [-0.3, -0.25) is 9.59 Å². The van der Waals surface area contributed by atoms with Gasteiger partial charge < -0.3 is 20.5 Å². The maximum atomic E-state index is 12.3. The fourth-order valence-corrected chi connectivity index (χ4v) is 2.41. The quantitative estimate of drug-likeness (QED) is 0.538. The minimum atomic E-state index is -0.618. The number of nitrogens with zero attached hydrogens (tertiary/aromatic N) is 1. The fourth-order valence-electron chi connectivity index (χ4n) is 2.19. The first kappa shape index (κ1) is 19.8. The van der Waals surface area contributed by atoms with Crippen LogP contribution < -0.4 is 15.4 Å². The average molecular weight is 386 g/mol. The van der Waals surface area contributed by atoms with Crippen LogP contribution in [0.4, 0.5) is 11.4 Å². The number of carbonyl (C=O) groups is 2. The lowest BCUT2D eigenvalue weighted by Gasteiger charge is -2.08. The third-order valence-electron chi connectivity index (χ3n) is 3.41. The Hall–Kier alpha value is -3.50. The van der Waals surface area contributed by atoms with Crippen LogP contribution in [0.25, 0.3) is 6.08 Å². The van der Waals surface area contributed by atoms with Crippen molar-refractivity contribution in [3.8, 4) is 17.6 Å². The largest absolute Gasteiger partial charge is 0.503 e. The summed E-state index contributed by atoms with van der Waals surface area (Å²) in [5, 5.41) is 24.3. The number of aromatic hydroxyl groups is 1. The van der Waals surface area contributed by atoms with Gasteiger partial charge in [0, 0.05) is 18.3 Å². The maximum Gasteiger partial charge on any atom is 0.266 e. The van der Waals surface area contributed by atoms with E-state index in [-0.39, 0.29) is 28.0 Å². The number of phenols is 1. The summed E-state index contributed by atoms with van der Waals surface area (Å²) >= 11 is 5.91. The molecule has 138 valence electrons. The van der Waals surface area contributed by atoms with E-state index in [1.165, 1.54) is 32.2 Å². The van der Waals surface area contributed by atoms with Crippen LogP contribution in [0.3, 0.4) is 0 Å². The third-order valence-corrected chi connectivity index (χ3v) is 3.70. The highest BCUT2D eigenvalue weighted by molar-refractivity contribution is 6.32. The lowest BCUT2D eigenvalue weighted by molar-refractivity contribution is -0.114. The van der Waals surface area contributed by atoms with Gasteiger partial charge in [0.05, 0.1) is 12.1 Å². The molecule has 0 saturated carbocycles. The fraction of sp³-hybridized carbons (Fsp3) is 0.105. The number of rotatable bonds is 5. The molecule has 0 aromatic heterocycles. The van der Waals surface area contributed by atoms with E-state index in [2.05, 4.69) is 10.6 Å².